The molecule has 0 saturated heterocycles. The monoisotopic (exact) mass is 187 g/mol. The van der Waals surface area contributed by atoms with Crippen molar-refractivity contribution in [1.29, 1.82) is 0 Å². The van der Waals surface area contributed by atoms with Crippen molar-refractivity contribution in [1.82, 2.24) is 4.98 Å². The number of nitrogens with one attached hydrogen (secondary N) is 1. The maximum Gasteiger partial charge on any atom is 0.255 e. The molecule has 2 aromatic rings. The van der Waals surface area contributed by atoms with Gasteiger partial charge < -0.3 is 4.98 Å². The number of rotatable bonds is 2. The van der Waals surface area contributed by atoms with Gasteiger partial charge in [-0.3, -0.25) is 4.79 Å². The number of aromatic nitrogens is 1. The van der Waals surface area contributed by atoms with E-state index in [1.54, 1.807) is 0 Å². The number of pyridine rings is 1. The van der Waals surface area contributed by atoms with Gasteiger partial charge in [-0.25, -0.2) is 0 Å². The molecule has 0 spiro atoms. The number of benzene rings is 1. The second kappa shape index (κ2) is 3.66. The van der Waals surface area contributed by atoms with Crippen molar-refractivity contribution in [2.24, 2.45) is 0 Å². The molecule has 1 N–H and O–H groups in total. The highest BCUT2D eigenvalue weighted by Crippen LogP contribution is 2.15. The fourth-order valence-electron chi connectivity index (χ4n) is 1.75. The molecule has 2 nitrogen and oxygen atoms in total. The molecule has 0 unspecified atom stereocenters. The molecule has 0 atom stereocenters. The minimum absolute atomic E-state index is 0.000420. The first-order valence-corrected chi connectivity index (χ1v) is 4.92. The smallest absolute Gasteiger partial charge is 0.255 e. The Hall–Kier alpha value is -1.57. The molecule has 0 aliphatic carbocycles. The second-order valence-corrected chi connectivity index (χ2v) is 3.44. The van der Waals surface area contributed by atoms with Gasteiger partial charge in [-0.15, -0.1) is 0 Å². The van der Waals surface area contributed by atoms with Gasteiger partial charge in [-0.2, -0.15) is 0 Å². The Morgan fingerprint density at radius 3 is 2.64 bits per heavy atom. The van der Waals surface area contributed by atoms with Gasteiger partial charge in [0.05, 0.1) is 0 Å². The molecule has 0 aliphatic heterocycles. The zero-order valence-corrected chi connectivity index (χ0v) is 8.21. The summed E-state index contributed by atoms with van der Waals surface area (Å²) in [4.78, 5) is 14.3. The summed E-state index contributed by atoms with van der Waals surface area (Å²) in [6.45, 7) is 2.14. The Morgan fingerprint density at radius 1 is 1.21 bits per heavy atom. The third-order valence-electron chi connectivity index (χ3n) is 2.41. The van der Waals surface area contributed by atoms with Crippen molar-refractivity contribution in [2.75, 3.05) is 0 Å². The summed E-state index contributed by atoms with van der Waals surface area (Å²) in [5.74, 6) is 0. The fraction of sp³-hybridized carbons (Fsp3) is 0.250. The van der Waals surface area contributed by atoms with E-state index in [0.717, 1.165) is 23.6 Å². The lowest BCUT2D eigenvalue weighted by Crippen LogP contribution is -2.06. The van der Waals surface area contributed by atoms with Gasteiger partial charge in [0.2, 0.25) is 0 Å². The van der Waals surface area contributed by atoms with Crippen molar-refractivity contribution >= 4 is 10.8 Å². The molecule has 0 saturated carbocycles. The SMILES string of the molecule is CCCc1c[nH]c(=O)c2ccccc12. The Labute approximate surface area is 82.6 Å². The largest absolute Gasteiger partial charge is 0.328 e. The average molecular weight is 187 g/mol. The standard InChI is InChI=1S/C12H13NO/c1-2-5-9-8-13-12(14)11-7-4-3-6-10(9)11/h3-4,6-8H,2,5H2,1H3,(H,13,14). The molecule has 2 heteroatoms. The van der Waals surface area contributed by atoms with Gasteiger partial charge in [0.15, 0.2) is 0 Å². The van der Waals surface area contributed by atoms with Crippen LogP contribution in [-0.4, -0.2) is 4.98 Å². The summed E-state index contributed by atoms with van der Waals surface area (Å²) in [7, 11) is 0. The third-order valence-corrected chi connectivity index (χ3v) is 2.41. The molecule has 0 amide bonds. The van der Waals surface area contributed by atoms with Crippen LogP contribution in [0.5, 0.6) is 0 Å². The predicted molar refractivity (Wildman–Crippen MR) is 58.6 cm³/mol. The maximum absolute atomic E-state index is 11.5. The summed E-state index contributed by atoms with van der Waals surface area (Å²) in [6, 6.07) is 7.75. The second-order valence-electron chi connectivity index (χ2n) is 3.44. The first-order valence-electron chi connectivity index (χ1n) is 4.92. The van der Waals surface area contributed by atoms with Crippen molar-refractivity contribution in [3.8, 4) is 0 Å². The molecule has 0 aliphatic rings. The van der Waals surface area contributed by atoms with Gasteiger partial charge >= 0.3 is 0 Å². The van der Waals surface area contributed by atoms with Crippen molar-refractivity contribution in [2.45, 2.75) is 19.8 Å². The van der Waals surface area contributed by atoms with Crippen LogP contribution in [0.2, 0.25) is 0 Å². The first kappa shape index (κ1) is 9.00. The van der Waals surface area contributed by atoms with E-state index in [2.05, 4.69) is 11.9 Å². The van der Waals surface area contributed by atoms with Crippen LogP contribution in [0, 0.1) is 0 Å². The van der Waals surface area contributed by atoms with E-state index in [1.165, 1.54) is 5.56 Å². The summed E-state index contributed by atoms with van der Waals surface area (Å²) in [5, 5.41) is 1.87. The number of fused-ring (bicyclic) bond motifs is 1. The predicted octanol–water partition coefficient (Wildman–Crippen LogP) is 2.48. The van der Waals surface area contributed by atoms with Crippen LogP contribution in [-0.2, 0) is 6.42 Å². The third kappa shape index (κ3) is 1.43. The highest BCUT2D eigenvalue weighted by atomic mass is 16.1. The van der Waals surface area contributed by atoms with Crippen LogP contribution < -0.4 is 5.56 Å². The first-order chi connectivity index (χ1) is 6.83. The number of aryl methyl sites for hydroxylation is 1. The number of H-pyrrole nitrogens is 1. The molecular formula is C12H13NO. The summed E-state index contributed by atoms with van der Waals surface area (Å²) < 4.78 is 0. The molecule has 1 heterocycles. The minimum atomic E-state index is 0.000420. The van der Waals surface area contributed by atoms with Crippen LogP contribution in [0.3, 0.4) is 0 Å². The van der Waals surface area contributed by atoms with Crippen molar-refractivity contribution in [3.05, 3.63) is 46.4 Å². The van der Waals surface area contributed by atoms with Crippen LogP contribution in [0.25, 0.3) is 10.8 Å². The summed E-state index contributed by atoms with van der Waals surface area (Å²) >= 11 is 0. The number of aromatic amines is 1. The zero-order chi connectivity index (χ0) is 9.97. The molecule has 0 fully saturated rings. The molecule has 72 valence electrons. The molecular weight excluding hydrogens is 174 g/mol. The van der Waals surface area contributed by atoms with Crippen molar-refractivity contribution < 1.29 is 0 Å². The Kier molecular flexibility index (Phi) is 2.35. The van der Waals surface area contributed by atoms with E-state index < -0.39 is 0 Å². The minimum Gasteiger partial charge on any atom is -0.328 e. The Morgan fingerprint density at radius 2 is 1.93 bits per heavy atom. The highest BCUT2D eigenvalue weighted by Gasteiger charge is 2.01. The highest BCUT2D eigenvalue weighted by molar-refractivity contribution is 5.84. The Balaban J connectivity index is 2.75. The van der Waals surface area contributed by atoms with Crippen LogP contribution in [0.15, 0.2) is 35.3 Å². The Bertz CT molecular complexity index is 499. The molecule has 1 aromatic heterocycles. The van der Waals surface area contributed by atoms with Crippen LogP contribution >= 0.6 is 0 Å². The summed E-state index contributed by atoms with van der Waals surface area (Å²) in [6.07, 6.45) is 3.93. The van der Waals surface area contributed by atoms with E-state index in [9.17, 15) is 4.79 Å². The lowest BCUT2D eigenvalue weighted by Gasteiger charge is -2.03. The van der Waals surface area contributed by atoms with Gasteiger partial charge in [0, 0.05) is 11.6 Å². The lowest BCUT2D eigenvalue weighted by atomic mass is 10.0. The van der Waals surface area contributed by atoms with E-state index in [0.29, 0.717) is 0 Å². The van der Waals surface area contributed by atoms with E-state index >= 15 is 0 Å². The van der Waals surface area contributed by atoms with E-state index in [4.69, 9.17) is 0 Å². The number of hydrogen-bond donors (Lipinski definition) is 1. The quantitative estimate of drug-likeness (QED) is 0.769. The van der Waals surface area contributed by atoms with Crippen molar-refractivity contribution in [3.63, 3.8) is 0 Å². The number of hydrogen-bond acceptors (Lipinski definition) is 1. The zero-order valence-electron chi connectivity index (χ0n) is 8.21. The normalized spacial score (nSPS) is 10.6. The van der Waals surface area contributed by atoms with Crippen LogP contribution in [0.1, 0.15) is 18.9 Å². The molecule has 0 radical (unpaired) electrons. The van der Waals surface area contributed by atoms with Gasteiger partial charge in [0.25, 0.3) is 5.56 Å². The summed E-state index contributed by atoms with van der Waals surface area (Å²) in [5.41, 5.74) is 1.23. The van der Waals surface area contributed by atoms with Gasteiger partial charge in [0.1, 0.15) is 0 Å². The van der Waals surface area contributed by atoms with E-state index in [1.807, 2.05) is 30.5 Å². The molecule has 0 bridgehead atoms. The maximum atomic E-state index is 11.5. The fourth-order valence-corrected chi connectivity index (χ4v) is 1.75. The van der Waals surface area contributed by atoms with Gasteiger partial charge in [-0.1, -0.05) is 31.5 Å². The van der Waals surface area contributed by atoms with Crippen LogP contribution in [0.4, 0.5) is 0 Å². The van der Waals surface area contributed by atoms with E-state index in [-0.39, 0.29) is 5.56 Å². The van der Waals surface area contributed by atoms with Gasteiger partial charge in [-0.05, 0) is 23.4 Å². The average Bonchev–Trinajstić information content (AvgIpc) is 2.23. The molecule has 2 rings (SSSR count). The molecule has 14 heavy (non-hydrogen) atoms. The molecule has 1 aromatic carbocycles. The lowest BCUT2D eigenvalue weighted by molar-refractivity contribution is 0.921. The topological polar surface area (TPSA) is 32.9 Å².